The van der Waals surface area contributed by atoms with E-state index in [0.29, 0.717) is 64.7 Å². The summed E-state index contributed by atoms with van der Waals surface area (Å²) in [5.41, 5.74) is 1.77. The van der Waals surface area contributed by atoms with Crippen LogP contribution in [0.25, 0.3) is 11.0 Å². The molecule has 2 fully saturated rings. The number of benzene rings is 1. The standard InChI is InChI=1S/C27H41N5O4.CH4/c1-20(2)19-32(22-16-21(17-28-18-22)26(34)30-11-14-36-15-12-30)27(35)25-29-23-8-4-5-9-24(23)31(25)10-6-3-7-13-33;/h4-5,8-9,20-22,28,33H,3,6-7,10-19H2,1-2H3;1H4/t21-,22+;/m1./s1. The molecule has 37 heavy (non-hydrogen) atoms. The highest BCUT2D eigenvalue weighted by molar-refractivity contribution is 5.95. The van der Waals surface area contributed by atoms with Crippen molar-refractivity contribution in [2.45, 2.75) is 59.5 Å². The third-order valence-corrected chi connectivity index (χ3v) is 7.15. The van der Waals surface area contributed by atoms with Crippen LogP contribution in [0.5, 0.6) is 0 Å². The number of aryl methyl sites for hydroxylation is 1. The van der Waals surface area contributed by atoms with Gasteiger partial charge in [0.05, 0.1) is 30.2 Å². The van der Waals surface area contributed by atoms with Crippen LogP contribution in [0.1, 0.15) is 57.6 Å². The van der Waals surface area contributed by atoms with Gasteiger partial charge in [0.1, 0.15) is 0 Å². The maximum Gasteiger partial charge on any atom is 0.290 e. The highest BCUT2D eigenvalue weighted by atomic mass is 16.5. The number of aromatic nitrogens is 2. The normalized spacial score (nSPS) is 20.2. The summed E-state index contributed by atoms with van der Waals surface area (Å²) in [6.45, 7) is 9.44. The van der Waals surface area contributed by atoms with Crippen LogP contribution in [-0.2, 0) is 16.1 Å². The molecule has 0 unspecified atom stereocenters. The molecule has 0 saturated carbocycles. The van der Waals surface area contributed by atoms with Gasteiger partial charge < -0.3 is 29.5 Å². The van der Waals surface area contributed by atoms with Crippen molar-refractivity contribution in [1.29, 1.82) is 0 Å². The number of aliphatic hydroxyl groups is 1. The third kappa shape index (κ3) is 7.09. The fourth-order valence-corrected chi connectivity index (χ4v) is 5.33. The van der Waals surface area contributed by atoms with Crippen LogP contribution in [0.2, 0.25) is 0 Å². The SMILES string of the molecule is C.CC(C)CN(C(=O)c1nc2ccccc2n1CCCCCO)[C@@H]1CNC[C@H](C(=O)N2CCOCC2)C1. The van der Waals surface area contributed by atoms with E-state index in [1.54, 1.807) is 0 Å². The molecular weight excluding hydrogens is 470 g/mol. The summed E-state index contributed by atoms with van der Waals surface area (Å²) in [7, 11) is 0. The zero-order valence-electron chi connectivity index (χ0n) is 21.7. The molecule has 4 rings (SSSR count). The summed E-state index contributed by atoms with van der Waals surface area (Å²) in [5.74, 6) is 0.674. The minimum atomic E-state index is -0.151. The second-order valence-corrected chi connectivity index (χ2v) is 10.4. The number of nitrogens with one attached hydrogen (secondary N) is 1. The lowest BCUT2D eigenvalue weighted by atomic mass is 9.92. The molecule has 2 amide bonds. The number of unbranched alkanes of at least 4 members (excludes halogenated alkanes) is 2. The molecule has 2 atom stereocenters. The lowest BCUT2D eigenvalue weighted by Gasteiger charge is -2.40. The number of morpholine rings is 1. The number of ether oxygens (including phenoxy) is 1. The number of rotatable bonds is 10. The molecule has 3 heterocycles. The van der Waals surface area contributed by atoms with E-state index in [9.17, 15) is 9.59 Å². The van der Waals surface area contributed by atoms with Crippen LogP contribution in [0.4, 0.5) is 0 Å². The quantitative estimate of drug-likeness (QED) is 0.472. The Kier molecular flexibility index (Phi) is 10.9. The van der Waals surface area contributed by atoms with Crippen molar-refractivity contribution in [3.8, 4) is 0 Å². The second-order valence-electron chi connectivity index (χ2n) is 10.4. The maximum atomic E-state index is 14.1. The Labute approximate surface area is 221 Å². The number of nitrogens with zero attached hydrogens (tertiary/aromatic N) is 4. The fourth-order valence-electron chi connectivity index (χ4n) is 5.33. The first-order chi connectivity index (χ1) is 17.5. The molecule has 2 saturated heterocycles. The molecule has 0 bridgehead atoms. The molecule has 2 aliphatic heterocycles. The van der Waals surface area contributed by atoms with Crippen LogP contribution in [0, 0.1) is 11.8 Å². The van der Waals surface area contributed by atoms with E-state index >= 15 is 0 Å². The van der Waals surface area contributed by atoms with E-state index in [4.69, 9.17) is 14.8 Å². The topological polar surface area (TPSA) is 99.9 Å². The number of piperidine rings is 1. The van der Waals surface area contributed by atoms with Crippen molar-refractivity contribution in [1.82, 2.24) is 24.7 Å². The van der Waals surface area contributed by atoms with Crippen LogP contribution in [0.15, 0.2) is 24.3 Å². The number of imidazole rings is 1. The van der Waals surface area contributed by atoms with Gasteiger partial charge in [-0.05, 0) is 43.7 Å². The molecule has 0 spiro atoms. The molecule has 2 aromatic rings. The van der Waals surface area contributed by atoms with E-state index in [0.717, 1.165) is 30.3 Å². The molecule has 9 heteroatoms. The molecule has 0 radical (unpaired) electrons. The summed E-state index contributed by atoms with van der Waals surface area (Å²) in [6, 6.07) is 7.80. The lowest BCUT2D eigenvalue weighted by Crippen LogP contribution is -2.56. The van der Waals surface area contributed by atoms with Crippen LogP contribution in [-0.4, -0.2) is 94.9 Å². The highest BCUT2D eigenvalue weighted by Crippen LogP contribution is 2.24. The highest BCUT2D eigenvalue weighted by Gasteiger charge is 2.36. The predicted octanol–water partition coefficient (Wildman–Crippen LogP) is 2.77. The number of fused-ring (bicyclic) bond motifs is 1. The number of aliphatic hydroxyl groups excluding tert-OH is 1. The van der Waals surface area contributed by atoms with Gasteiger partial charge in [-0.3, -0.25) is 9.59 Å². The summed E-state index contributed by atoms with van der Waals surface area (Å²) in [4.78, 5) is 35.9. The Morgan fingerprint density at radius 2 is 1.92 bits per heavy atom. The molecule has 206 valence electrons. The monoisotopic (exact) mass is 515 g/mol. The number of carbonyl (C=O) groups is 2. The smallest absolute Gasteiger partial charge is 0.290 e. The Morgan fingerprint density at radius 1 is 1.16 bits per heavy atom. The molecular formula is C28H45N5O4. The van der Waals surface area contributed by atoms with Crippen molar-refractivity contribution >= 4 is 22.8 Å². The number of amides is 2. The van der Waals surface area contributed by atoms with E-state index in [1.807, 2.05) is 38.6 Å². The second kappa shape index (κ2) is 13.9. The average Bonchev–Trinajstić information content (AvgIpc) is 3.28. The molecule has 1 aromatic heterocycles. The summed E-state index contributed by atoms with van der Waals surface area (Å²) in [6.07, 6.45) is 3.16. The molecule has 1 aromatic carbocycles. The van der Waals surface area contributed by atoms with E-state index in [2.05, 4.69) is 19.2 Å². The van der Waals surface area contributed by atoms with Crippen molar-refractivity contribution in [2.24, 2.45) is 11.8 Å². The Hall–Kier alpha value is -2.49. The van der Waals surface area contributed by atoms with E-state index in [1.165, 1.54) is 0 Å². The van der Waals surface area contributed by atoms with Crippen LogP contribution < -0.4 is 5.32 Å². The van der Waals surface area contributed by atoms with Crippen molar-refractivity contribution < 1.29 is 19.4 Å². The average molecular weight is 516 g/mol. The molecule has 2 aliphatic rings. The third-order valence-electron chi connectivity index (χ3n) is 7.15. The van der Waals surface area contributed by atoms with Gasteiger partial charge in [-0.1, -0.05) is 33.4 Å². The van der Waals surface area contributed by atoms with Gasteiger partial charge in [0, 0.05) is 51.9 Å². The lowest BCUT2D eigenvalue weighted by molar-refractivity contribution is -0.140. The van der Waals surface area contributed by atoms with E-state index < -0.39 is 0 Å². The van der Waals surface area contributed by atoms with Crippen molar-refractivity contribution in [3.05, 3.63) is 30.1 Å². The molecule has 0 aliphatic carbocycles. The Morgan fingerprint density at radius 3 is 2.65 bits per heavy atom. The summed E-state index contributed by atoms with van der Waals surface area (Å²) in [5, 5.41) is 12.6. The zero-order valence-corrected chi connectivity index (χ0v) is 21.7. The first-order valence-corrected chi connectivity index (χ1v) is 13.4. The Balaban J connectivity index is 0.00000380. The van der Waals surface area contributed by atoms with Gasteiger partial charge in [-0.25, -0.2) is 4.98 Å². The zero-order chi connectivity index (χ0) is 25.5. The molecule has 9 nitrogen and oxygen atoms in total. The van der Waals surface area contributed by atoms with Crippen LogP contribution in [0.3, 0.4) is 0 Å². The molecule has 2 N–H and O–H groups in total. The van der Waals surface area contributed by atoms with Gasteiger partial charge in [0.2, 0.25) is 5.91 Å². The van der Waals surface area contributed by atoms with Gasteiger partial charge in [0.25, 0.3) is 5.91 Å². The first-order valence-electron chi connectivity index (χ1n) is 13.4. The largest absolute Gasteiger partial charge is 0.396 e. The van der Waals surface area contributed by atoms with Crippen molar-refractivity contribution in [3.63, 3.8) is 0 Å². The number of hydrogen-bond donors (Lipinski definition) is 2. The van der Waals surface area contributed by atoms with Gasteiger partial charge >= 0.3 is 0 Å². The number of para-hydroxylation sites is 2. The minimum Gasteiger partial charge on any atom is -0.396 e. The van der Waals surface area contributed by atoms with Gasteiger partial charge in [0.15, 0.2) is 5.82 Å². The van der Waals surface area contributed by atoms with Crippen molar-refractivity contribution in [2.75, 3.05) is 52.5 Å². The maximum absolute atomic E-state index is 14.1. The van der Waals surface area contributed by atoms with Gasteiger partial charge in [-0.2, -0.15) is 0 Å². The summed E-state index contributed by atoms with van der Waals surface area (Å²) < 4.78 is 7.45. The summed E-state index contributed by atoms with van der Waals surface area (Å²) >= 11 is 0. The van der Waals surface area contributed by atoms with E-state index in [-0.39, 0.29) is 43.7 Å². The van der Waals surface area contributed by atoms with Crippen LogP contribution >= 0.6 is 0 Å². The number of hydrogen-bond acceptors (Lipinski definition) is 6. The minimum absolute atomic E-state index is 0. The Bertz CT molecular complexity index is 1020. The number of carbonyl (C=O) groups excluding carboxylic acids is 2. The van der Waals surface area contributed by atoms with Gasteiger partial charge in [-0.15, -0.1) is 0 Å². The fraction of sp³-hybridized carbons (Fsp3) is 0.679. The first kappa shape index (κ1) is 29.1. The predicted molar refractivity (Wildman–Crippen MR) is 145 cm³/mol.